The van der Waals surface area contributed by atoms with Crippen molar-refractivity contribution in [2.45, 2.75) is 46.1 Å². The first-order valence-corrected chi connectivity index (χ1v) is 7.41. The van der Waals surface area contributed by atoms with Crippen molar-refractivity contribution in [3.63, 3.8) is 0 Å². The largest absolute Gasteiger partial charge is 0.444 e. The lowest BCUT2D eigenvalue weighted by Crippen LogP contribution is -2.35. The number of amides is 1. The first-order chi connectivity index (χ1) is 9.83. The van der Waals surface area contributed by atoms with Gasteiger partial charge in [0.05, 0.1) is 0 Å². The predicted molar refractivity (Wildman–Crippen MR) is 83.8 cm³/mol. The van der Waals surface area contributed by atoms with Crippen LogP contribution in [0.15, 0.2) is 6.33 Å². The van der Waals surface area contributed by atoms with Gasteiger partial charge < -0.3 is 15.4 Å². The fourth-order valence-corrected chi connectivity index (χ4v) is 1.90. The predicted octanol–water partition coefficient (Wildman–Crippen LogP) is 3.02. The lowest BCUT2D eigenvalue weighted by atomic mass is 10.2. The Labute approximate surface area is 130 Å². The van der Waals surface area contributed by atoms with E-state index in [1.54, 1.807) is 0 Å². The average Bonchev–Trinajstić information content (AvgIpc) is 2.36. The lowest BCUT2D eigenvalue weighted by molar-refractivity contribution is 0.0530. The molecule has 1 aromatic heterocycles. The molecule has 0 aliphatic rings. The van der Waals surface area contributed by atoms with Crippen LogP contribution in [-0.4, -0.2) is 34.8 Å². The van der Waals surface area contributed by atoms with Crippen LogP contribution in [-0.2, 0) is 11.2 Å². The van der Waals surface area contributed by atoms with E-state index < -0.39 is 11.7 Å². The van der Waals surface area contributed by atoms with Crippen molar-refractivity contribution in [3.05, 3.63) is 17.0 Å². The fourth-order valence-electron chi connectivity index (χ4n) is 1.67. The fraction of sp³-hybridized carbons (Fsp3) is 0.643. The maximum absolute atomic E-state index is 11.5. The quantitative estimate of drug-likeness (QED) is 0.623. The summed E-state index contributed by atoms with van der Waals surface area (Å²) in [6.45, 7) is 8.50. The van der Waals surface area contributed by atoms with Crippen LogP contribution in [0.4, 0.5) is 10.6 Å². The first-order valence-electron chi connectivity index (χ1n) is 7.03. The molecule has 0 aromatic carbocycles. The highest BCUT2D eigenvalue weighted by molar-refractivity contribution is 6.30. The Bertz CT molecular complexity index is 475. The minimum Gasteiger partial charge on any atom is -0.444 e. The van der Waals surface area contributed by atoms with Gasteiger partial charge in [-0.1, -0.05) is 24.9 Å². The summed E-state index contributed by atoms with van der Waals surface area (Å²) in [5.74, 6) is 0.711. The smallest absolute Gasteiger partial charge is 0.407 e. The normalized spacial score (nSPS) is 11.1. The number of aromatic nitrogens is 2. The number of ether oxygens (including phenoxy) is 1. The van der Waals surface area contributed by atoms with Gasteiger partial charge in [-0.2, -0.15) is 0 Å². The Morgan fingerprint density at radius 3 is 2.67 bits per heavy atom. The van der Waals surface area contributed by atoms with E-state index in [9.17, 15) is 4.79 Å². The van der Waals surface area contributed by atoms with E-state index in [2.05, 4.69) is 27.5 Å². The summed E-state index contributed by atoms with van der Waals surface area (Å²) in [7, 11) is 0. The highest BCUT2D eigenvalue weighted by Crippen LogP contribution is 2.20. The molecule has 0 bridgehead atoms. The molecule has 1 heterocycles. The van der Waals surface area contributed by atoms with Gasteiger partial charge in [-0.05, 0) is 27.2 Å². The van der Waals surface area contributed by atoms with Crippen molar-refractivity contribution in [2.24, 2.45) is 0 Å². The van der Waals surface area contributed by atoms with E-state index in [-0.39, 0.29) is 0 Å². The van der Waals surface area contributed by atoms with Crippen LogP contribution in [0.3, 0.4) is 0 Å². The summed E-state index contributed by atoms with van der Waals surface area (Å²) in [6.07, 6.45) is 2.75. The molecule has 2 N–H and O–H groups in total. The maximum atomic E-state index is 11.5. The summed E-state index contributed by atoms with van der Waals surface area (Å²) < 4.78 is 5.15. The molecule has 7 heteroatoms. The van der Waals surface area contributed by atoms with E-state index in [1.165, 1.54) is 6.33 Å². The highest BCUT2D eigenvalue weighted by Gasteiger charge is 2.15. The van der Waals surface area contributed by atoms with Gasteiger partial charge in [0.1, 0.15) is 22.9 Å². The van der Waals surface area contributed by atoms with Gasteiger partial charge in [0.25, 0.3) is 0 Å². The number of carbonyl (C=O) groups excluding carboxylic acids is 1. The summed E-state index contributed by atoms with van der Waals surface area (Å²) >= 11 is 6.06. The molecule has 1 aromatic rings. The van der Waals surface area contributed by atoms with Crippen LogP contribution < -0.4 is 10.6 Å². The molecule has 118 valence electrons. The second-order valence-corrected chi connectivity index (χ2v) is 5.96. The topological polar surface area (TPSA) is 76.1 Å². The Kier molecular flexibility index (Phi) is 6.68. The molecule has 0 radical (unpaired) electrons. The third-order valence-corrected chi connectivity index (χ3v) is 2.80. The van der Waals surface area contributed by atoms with Gasteiger partial charge in [-0.15, -0.1) is 0 Å². The zero-order valence-corrected chi connectivity index (χ0v) is 13.8. The molecule has 0 aliphatic carbocycles. The second-order valence-electron chi connectivity index (χ2n) is 5.60. The summed E-state index contributed by atoms with van der Waals surface area (Å²) in [6, 6.07) is 0. The number of hydrogen-bond donors (Lipinski definition) is 2. The molecule has 0 unspecified atom stereocenters. The SMILES string of the molecule is CCCc1c(Cl)ncnc1NCCNC(=O)OC(C)(C)C. The van der Waals surface area contributed by atoms with Gasteiger partial charge in [0, 0.05) is 18.7 Å². The molecule has 6 nitrogen and oxygen atoms in total. The molecule has 0 saturated heterocycles. The molecule has 1 rings (SSSR count). The summed E-state index contributed by atoms with van der Waals surface area (Å²) in [5.41, 5.74) is 0.408. The van der Waals surface area contributed by atoms with Crippen molar-refractivity contribution >= 4 is 23.5 Å². The number of alkyl carbamates (subject to hydrolysis) is 1. The zero-order chi connectivity index (χ0) is 15.9. The Morgan fingerprint density at radius 2 is 2.05 bits per heavy atom. The molecule has 0 fully saturated rings. The van der Waals surface area contributed by atoms with Gasteiger partial charge in [-0.25, -0.2) is 14.8 Å². The van der Waals surface area contributed by atoms with Crippen molar-refractivity contribution in [2.75, 3.05) is 18.4 Å². The Balaban J connectivity index is 2.43. The Morgan fingerprint density at radius 1 is 1.33 bits per heavy atom. The second kappa shape index (κ2) is 8.02. The van der Waals surface area contributed by atoms with Crippen molar-refractivity contribution in [3.8, 4) is 0 Å². The number of halogens is 1. The standard InChI is InChI=1S/C14H23ClN4O2/c1-5-6-10-11(15)18-9-19-12(10)16-7-8-17-13(20)21-14(2,3)4/h9H,5-8H2,1-4H3,(H,17,20)(H,16,18,19). The van der Waals surface area contributed by atoms with Crippen LogP contribution in [0, 0.1) is 0 Å². The Hall–Kier alpha value is -1.56. The molecule has 0 saturated carbocycles. The van der Waals surface area contributed by atoms with Crippen LogP contribution in [0.1, 0.15) is 39.7 Å². The van der Waals surface area contributed by atoms with Crippen molar-refractivity contribution in [1.29, 1.82) is 0 Å². The van der Waals surface area contributed by atoms with E-state index in [1.807, 2.05) is 20.8 Å². The summed E-state index contributed by atoms with van der Waals surface area (Å²) in [5, 5.41) is 6.29. The summed E-state index contributed by atoms with van der Waals surface area (Å²) in [4.78, 5) is 19.6. The third kappa shape index (κ3) is 6.62. The molecular weight excluding hydrogens is 292 g/mol. The van der Waals surface area contributed by atoms with Crippen LogP contribution in [0.2, 0.25) is 5.15 Å². The van der Waals surface area contributed by atoms with Gasteiger partial charge in [0.15, 0.2) is 0 Å². The molecule has 1 amide bonds. The van der Waals surface area contributed by atoms with Gasteiger partial charge >= 0.3 is 6.09 Å². The zero-order valence-electron chi connectivity index (χ0n) is 13.0. The van der Waals surface area contributed by atoms with Crippen LogP contribution in [0.25, 0.3) is 0 Å². The number of hydrogen-bond acceptors (Lipinski definition) is 5. The number of carbonyl (C=O) groups is 1. The van der Waals surface area contributed by atoms with E-state index in [4.69, 9.17) is 16.3 Å². The van der Waals surface area contributed by atoms with E-state index in [0.29, 0.717) is 24.1 Å². The molecule has 0 atom stereocenters. The molecule has 21 heavy (non-hydrogen) atoms. The number of rotatable bonds is 6. The van der Waals surface area contributed by atoms with Gasteiger partial charge in [-0.3, -0.25) is 0 Å². The number of nitrogens with zero attached hydrogens (tertiary/aromatic N) is 2. The monoisotopic (exact) mass is 314 g/mol. The minimum atomic E-state index is -0.494. The third-order valence-electron chi connectivity index (χ3n) is 2.48. The van der Waals surface area contributed by atoms with E-state index >= 15 is 0 Å². The molecular formula is C14H23ClN4O2. The van der Waals surface area contributed by atoms with Crippen LogP contribution in [0.5, 0.6) is 0 Å². The molecule has 0 spiro atoms. The number of nitrogens with one attached hydrogen (secondary N) is 2. The maximum Gasteiger partial charge on any atom is 0.407 e. The van der Waals surface area contributed by atoms with Crippen molar-refractivity contribution < 1.29 is 9.53 Å². The van der Waals surface area contributed by atoms with Crippen LogP contribution >= 0.6 is 11.6 Å². The molecule has 0 aliphatic heterocycles. The van der Waals surface area contributed by atoms with E-state index in [0.717, 1.165) is 18.4 Å². The highest BCUT2D eigenvalue weighted by atomic mass is 35.5. The average molecular weight is 315 g/mol. The minimum absolute atomic E-state index is 0.432. The van der Waals surface area contributed by atoms with Crippen molar-refractivity contribution in [1.82, 2.24) is 15.3 Å². The van der Waals surface area contributed by atoms with Gasteiger partial charge in [0.2, 0.25) is 0 Å². The first kappa shape index (κ1) is 17.5. The number of anilines is 1. The lowest BCUT2D eigenvalue weighted by Gasteiger charge is -2.19.